The second kappa shape index (κ2) is 5.72. The highest BCUT2D eigenvalue weighted by molar-refractivity contribution is 5.81. The van der Waals surface area contributed by atoms with Gasteiger partial charge in [-0.25, -0.2) is 15.8 Å². The van der Waals surface area contributed by atoms with Crippen LogP contribution >= 0.6 is 0 Å². The second-order valence-corrected chi connectivity index (χ2v) is 4.67. The Morgan fingerprint density at radius 3 is 2.67 bits per heavy atom. The maximum Gasteiger partial charge on any atom is 0.451 e. The summed E-state index contributed by atoms with van der Waals surface area (Å²) in [5, 5.41) is 0. The van der Waals surface area contributed by atoms with Gasteiger partial charge in [0, 0.05) is 26.2 Å². The lowest BCUT2D eigenvalue weighted by Gasteiger charge is -2.22. The minimum atomic E-state index is -4.69. The summed E-state index contributed by atoms with van der Waals surface area (Å²) in [6.45, 7) is 0.942. The molecular formula is C11H15F3N6O. The Hall–Kier alpha value is -2.10. The molecule has 0 spiro atoms. The van der Waals surface area contributed by atoms with Gasteiger partial charge in [-0.15, -0.1) is 0 Å². The number of anilines is 2. The van der Waals surface area contributed by atoms with E-state index in [0.717, 1.165) is 0 Å². The fourth-order valence-electron chi connectivity index (χ4n) is 1.98. The fraction of sp³-hybridized carbons (Fsp3) is 0.545. The third-order valence-corrected chi connectivity index (χ3v) is 3.11. The molecule has 1 amide bonds. The molecule has 0 aromatic carbocycles. The van der Waals surface area contributed by atoms with Crippen LogP contribution in [0.15, 0.2) is 6.07 Å². The quantitative estimate of drug-likeness (QED) is 0.609. The van der Waals surface area contributed by atoms with Crippen molar-refractivity contribution in [3.63, 3.8) is 0 Å². The van der Waals surface area contributed by atoms with Crippen LogP contribution < -0.4 is 16.2 Å². The summed E-state index contributed by atoms with van der Waals surface area (Å²) in [4.78, 5) is 21.6. The molecule has 1 aliphatic heterocycles. The number of hydrogen-bond acceptors (Lipinski definition) is 6. The maximum atomic E-state index is 12.8. The molecule has 21 heavy (non-hydrogen) atoms. The monoisotopic (exact) mass is 304 g/mol. The number of aromatic nitrogens is 2. The van der Waals surface area contributed by atoms with Gasteiger partial charge in [-0.2, -0.15) is 13.2 Å². The summed E-state index contributed by atoms with van der Waals surface area (Å²) < 4.78 is 38.3. The predicted octanol–water partition coefficient (Wildman–Crippen LogP) is 0.450. The van der Waals surface area contributed by atoms with Gasteiger partial charge >= 0.3 is 6.18 Å². The summed E-state index contributed by atoms with van der Waals surface area (Å²) >= 11 is 0. The Balaban J connectivity index is 2.36. The van der Waals surface area contributed by atoms with E-state index in [1.807, 2.05) is 0 Å². The van der Waals surface area contributed by atoms with Crippen LogP contribution in [0.2, 0.25) is 0 Å². The maximum absolute atomic E-state index is 12.8. The highest BCUT2D eigenvalue weighted by Crippen LogP contribution is 2.29. The van der Waals surface area contributed by atoms with Gasteiger partial charge in [0.15, 0.2) is 0 Å². The number of carbonyl (C=O) groups is 1. The Morgan fingerprint density at radius 2 is 2.05 bits per heavy atom. The van der Waals surface area contributed by atoms with E-state index in [0.29, 0.717) is 19.5 Å². The summed E-state index contributed by atoms with van der Waals surface area (Å²) in [6.07, 6.45) is -4.05. The molecule has 0 saturated carbocycles. The van der Waals surface area contributed by atoms with E-state index in [2.05, 4.69) is 15.4 Å². The van der Waals surface area contributed by atoms with Crippen molar-refractivity contribution < 1.29 is 18.0 Å². The highest BCUT2D eigenvalue weighted by Gasteiger charge is 2.36. The minimum absolute atomic E-state index is 0.0222. The van der Waals surface area contributed by atoms with Gasteiger partial charge < -0.3 is 15.2 Å². The van der Waals surface area contributed by atoms with Crippen molar-refractivity contribution in [3.8, 4) is 0 Å². The van der Waals surface area contributed by atoms with Gasteiger partial charge in [0.1, 0.15) is 11.6 Å². The van der Waals surface area contributed by atoms with Gasteiger partial charge in [-0.05, 0) is 6.42 Å². The molecule has 2 rings (SSSR count). The first-order valence-electron chi connectivity index (χ1n) is 6.23. The van der Waals surface area contributed by atoms with Crippen molar-refractivity contribution in [2.45, 2.75) is 12.6 Å². The standard InChI is InChI=1S/C11H15F3N6O/c1-19-3-2-4-20(6-9(19)21)8-5-7(18-15)16-10(17-8)11(12,13)14/h5H,2-4,6,15H2,1H3,(H,16,17,18). The molecular weight excluding hydrogens is 289 g/mol. The number of nitrogen functional groups attached to an aromatic ring is 1. The number of halogens is 3. The average molecular weight is 304 g/mol. The number of alkyl halides is 3. The van der Waals surface area contributed by atoms with E-state index in [1.165, 1.54) is 15.9 Å². The highest BCUT2D eigenvalue weighted by atomic mass is 19.4. The van der Waals surface area contributed by atoms with Gasteiger partial charge in [-0.1, -0.05) is 0 Å². The molecule has 2 heterocycles. The Morgan fingerprint density at radius 1 is 1.33 bits per heavy atom. The summed E-state index contributed by atoms with van der Waals surface area (Å²) in [7, 11) is 1.65. The average Bonchev–Trinajstić information content (AvgIpc) is 2.60. The molecule has 1 fully saturated rings. The molecule has 1 aromatic heterocycles. The van der Waals surface area contributed by atoms with Gasteiger partial charge in [0.05, 0.1) is 6.54 Å². The van der Waals surface area contributed by atoms with Crippen molar-refractivity contribution in [1.29, 1.82) is 0 Å². The molecule has 0 radical (unpaired) electrons. The van der Waals surface area contributed by atoms with Gasteiger partial charge in [0.2, 0.25) is 11.7 Å². The molecule has 0 bridgehead atoms. The van der Waals surface area contributed by atoms with Crippen molar-refractivity contribution in [2.75, 3.05) is 37.0 Å². The number of hydrazine groups is 1. The molecule has 7 nitrogen and oxygen atoms in total. The first kappa shape index (κ1) is 15.3. The predicted molar refractivity (Wildman–Crippen MR) is 69.3 cm³/mol. The third kappa shape index (κ3) is 3.51. The number of carbonyl (C=O) groups excluding carboxylic acids is 1. The zero-order valence-electron chi connectivity index (χ0n) is 11.3. The Bertz CT molecular complexity index is 535. The Labute approximate surface area is 118 Å². The SMILES string of the molecule is CN1CCCN(c2cc(NN)nc(C(F)(F)F)n2)CC1=O. The van der Waals surface area contributed by atoms with Crippen molar-refractivity contribution in [1.82, 2.24) is 14.9 Å². The number of rotatable bonds is 2. The van der Waals surface area contributed by atoms with Crippen molar-refractivity contribution >= 4 is 17.5 Å². The number of likely N-dealkylation sites (N-methyl/N-ethyl adjacent to an activating group) is 1. The van der Waals surface area contributed by atoms with Crippen LogP contribution in [0.1, 0.15) is 12.2 Å². The summed E-state index contributed by atoms with van der Waals surface area (Å²) in [5.41, 5.74) is 2.08. The van der Waals surface area contributed by atoms with Crippen molar-refractivity contribution in [2.24, 2.45) is 5.84 Å². The van der Waals surface area contributed by atoms with E-state index in [4.69, 9.17) is 5.84 Å². The zero-order chi connectivity index (χ0) is 15.6. The number of nitrogens with one attached hydrogen (secondary N) is 1. The first-order valence-corrected chi connectivity index (χ1v) is 6.23. The number of nitrogens with zero attached hydrogens (tertiary/aromatic N) is 4. The van der Waals surface area contributed by atoms with E-state index in [9.17, 15) is 18.0 Å². The van der Waals surface area contributed by atoms with Crippen LogP contribution in [0.25, 0.3) is 0 Å². The lowest BCUT2D eigenvalue weighted by Crippen LogP contribution is -2.35. The molecule has 3 N–H and O–H groups in total. The van der Waals surface area contributed by atoms with E-state index in [1.54, 1.807) is 7.05 Å². The van der Waals surface area contributed by atoms with Crippen molar-refractivity contribution in [3.05, 3.63) is 11.9 Å². The number of amides is 1. The molecule has 0 atom stereocenters. The molecule has 1 aromatic rings. The largest absolute Gasteiger partial charge is 0.451 e. The van der Waals surface area contributed by atoms with Gasteiger partial charge in [-0.3, -0.25) is 4.79 Å². The Kier molecular flexibility index (Phi) is 4.16. The first-order chi connectivity index (χ1) is 9.81. The molecule has 0 unspecified atom stereocenters. The van der Waals surface area contributed by atoms with E-state index >= 15 is 0 Å². The molecule has 1 aliphatic rings. The minimum Gasteiger partial charge on any atom is -0.347 e. The smallest absolute Gasteiger partial charge is 0.347 e. The van der Waals surface area contributed by atoms with E-state index < -0.39 is 12.0 Å². The fourth-order valence-corrected chi connectivity index (χ4v) is 1.98. The lowest BCUT2D eigenvalue weighted by molar-refractivity contribution is -0.144. The lowest BCUT2D eigenvalue weighted by atomic mass is 10.3. The summed E-state index contributed by atoms with van der Waals surface area (Å²) in [6, 6.07) is 1.29. The van der Waals surface area contributed by atoms with Crippen LogP contribution in [0.4, 0.5) is 24.8 Å². The molecule has 10 heteroatoms. The molecule has 1 saturated heterocycles. The van der Waals surface area contributed by atoms with Crippen LogP contribution in [-0.4, -0.2) is 47.5 Å². The van der Waals surface area contributed by atoms with Gasteiger partial charge in [0.25, 0.3) is 0 Å². The second-order valence-electron chi connectivity index (χ2n) is 4.67. The van der Waals surface area contributed by atoms with Crippen LogP contribution in [0.3, 0.4) is 0 Å². The summed E-state index contributed by atoms with van der Waals surface area (Å²) in [5.74, 6) is 3.53. The number of hydrogen-bond donors (Lipinski definition) is 2. The van der Waals surface area contributed by atoms with E-state index in [-0.39, 0.29) is 24.1 Å². The van der Waals surface area contributed by atoms with Crippen LogP contribution in [0, 0.1) is 0 Å². The number of nitrogens with two attached hydrogens (primary N) is 1. The van der Waals surface area contributed by atoms with Crippen LogP contribution in [-0.2, 0) is 11.0 Å². The van der Waals surface area contributed by atoms with Crippen LogP contribution in [0.5, 0.6) is 0 Å². The third-order valence-electron chi connectivity index (χ3n) is 3.11. The topological polar surface area (TPSA) is 87.4 Å². The molecule has 0 aliphatic carbocycles. The molecule has 116 valence electrons. The zero-order valence-corrected chi connectivity index (χ0v) is 11.3. The normalized spacial score (nSPS) is 16.9.